The minimum absolute atomic E-state index is 0.886. The highest BCUT2D eigenvalue weighted by atomic mass is 32.1. The quantitative estimate of drug-likeness (QED) is 0.834. The van der Waals surface area contributed by atoms with Gasteiger partial charge in [0.05, 0.1) is 10.6 Å². The fraction of sp³-hybridized carbons (Fsp3) is 0.222. The van der Waals surface area contributed by atoms with E-state index >= 15 is 0 Å². The van der Waals surface area contributed by atoms with Gasteiger partial charge in [0.2, 0.25) is 0 Å². The minimum atomic E-state index is 0.886. The summed E-state index contributed by atoms with van der Waals surface area (Å²) in [5.41, 5.74) is 0.918. The van der Waals surface area contributed by atoms with Crippen molar-refractivity contribution >= 4 is 16.5 Å². The van der Waals surface area contributed by atoms with Gasteiger partial charge in [-0.15, -0.1) is 0 Å². The van der Waals surface area contributed by atoms with Crippen LogP contribution in [0.2, 0.25) is 0 Å². The maximum atomic E-state index is 4.23. The first-order valence-electron chi connectivity index (χ1n) is 4.36. The van der Waals surface area contributed by atoms with Crippen molar-refractivity contribution in [1.29, 1.82) is 0 Å². The van der Waals surface area contributed by atoms with E-state index in [4.69, 9.17) is 0 Å². The number of hydrogen-bond donors (Lipinski definition) is 1. The van der Waals surface area contributed by atoms with Crippen molar-refractivity contribution in [3.05, 3.63) is 24.8 Å². The zero-order valence-electron chi connectivity index (χ0n) is 7.77. The highest BCUT2D eigenvalue weighted by Gasteiger charge is 2.03. The molecule has 2 aromatic rings. The summed E-state index contributed by atoms with van der Waals surface area (Å²) in [6, 6.07) is 1.88. The van der Waals surface area contributed by atoms with E-state index in [9.17, 15) is 0 Å². The molecule has 0 radical (unpaired) electrons. The predicted molar refractivity (Wildman–Crippen MR) is 57.3 cm³/mol. The molecule has 0 aromatic carbocycles. The summed E-state index contributed by atoms with van der Waals surface area (Å²) in [5, 5.41) is 4.09. The molecule has 0 atom stereocenters. The lowest BCUT2D eigenvalue weighted by molar-refractivity contribution is 1.17. The van der Waals surface area contributed by atoms with Crippen LogP contribution in [0.15, 0.2) is 24.8 Å². The molecule has 0 amide bonds. The van der Waals surface area contributed by atoms with E-state index in [1.807, 2.05) is 19.2 Å². The number of thiazole rings is 1. The normalized spacial score (nSPS) is 10.1. The maximum Gasteiger partial charge on any atom is 0.183 e. The largest absolute Gasteiger partial charge is 0.362 e. The SMILES string of the molecule is CCNc1ncc(-c2ccncn2)s1. The number of rotatable bonds is 3. The van der Waals surface area contributed by atoms with E-state index < -0.39 is 0 Å². The molecular weight excluding hydrogens is 196 g/mol. The molecule has 14 heavy (non-hydrogen) atoms. The Morgan fingerprint density at radius 2 is 2.36 bits per heavy atom. The number of hydrogen-bond acceptors (Lipinski definition) is 5. The average molecular weight is 206 g/mol. The van der Waals surface area contributed by atoms with Gasteiger partial charge in [-0.25, -0.2) is 15.0 Å². The van der Waals surface area contributed by atoms with Crippen LogP contribution in [0.25, 0.3) is 10.6 Å². The first-order valence-corrected chi connectivity index (χ1v) is 5.18. The van der Waals surface area contributed by atoms with Crippen molar-refractivity contribution in [3.63, 3.8) is 0 Å². The summed E-state index contributed by atoms with van der Waals surface area (Å²) >= 11 is 1.60. The Hall–Kier alpha value is -1.49. The maximum absolute atomic E-state index is 4.23. The molecule has 0 bridgehead atoms. The smallest absolute Gasteiger partial charge is 0.183 e. The van der Waals surface area contributed by atoms with Gasteiger partial charge in [0.25, 0.3) is 0 Å². The molecule has 72 valence electrons. The van der Waals surface area contributed by atoms with Crippen molar-refractivity contribution in [2.45, 2.75) is 6.92 Å². The fourth-order valence-electron chi connectivity index (χ4n) is 1.06. The second-order valence-electron chi connectivity index (χ2n) is 2.65. The van der Waals surface area contributed by atoms with Crippen LogP contribution in [0, 0.1) is 0 Å². The van der Waals surface area contributed by atoms with E-state index in [-0.39, 0.29) is 0 Å². The lowest BCUT2D eigenvalue weighted by atomic mass is 10.4. The third kappa shape index (κ3) is 1.88. The molecule has 0 aliphatic heterocycles. The summed E-state index contributed by atoms with van der Waals surface area (Å²) in [7, 11) is 0. The van der Waals surface area contributed by atoms with E-state index in [0.29, 0.717) is 0 Å². The van der Waals surface area contributed by atoms with Crippen LogP contribution in [0.3, 0.4) is 0 Å². The molecule has 4 nitrogen and oxygen atoms in total. The van der Waals surface area contributed by atoms with Gasteiger partial charge in [-0.3, -0.25) is 0 Å². The highest BCUT2D eigenvalue weighted by molar-refractivity contribution is 7.18. The van der Waals surface area contributed by atoms with Crippen LogP contribution < -0.4 is 5.32 Å². The van der Waals surface area contributed by atoms with Crippen LogP contribution in [0.4, 0.5) is 5.13 Å². The first kappa shape index (κ1) is 9.08. The number of nitrogens with zero attached hydrogens (tertiary/aromatic N) is 3. The highest BCUT2D eigenvalue weighted by Crippen LogP contribution is 2.26. The molecule has 2 rings (SSSR count). The zero-order valence-corrected chi connectivity index (χ0v) is 8.58. The van der Waals surface area contributed by atoms with Crippen molar-refractivity contribution in [2.75, 3.05) is 11.9 Å². The lowest BCUT2D eigenvalue weighted by Crippen LogP contribution is -1.94. The lowest BCUT2D eigenvalue weighted by Gasteiger charge is -1.94. The van der Waals surface area contributed by atoms with Gasteiger partial charge < -0.3 is 5.32 Å². The molecule has 1 N–H and O–H groups in total. The van der Waals surface area contributed by atoms with E-state index in [2.05, 4.69) is 20.3 Å². The minimum Gasteiger partial charge on any atom is -0.362 e. The summed E-state index contributed by atoms with van der Waals surface area (Å²) in [6.45, 7) is 2.93. The van der Waals surface area contributed by atoms with Crippen molar-refractivity contribution in [2.24, 2.45) is 0 Å². The Kier molecular flexibility index (Phi) is 2.69. The van der Waals surface area contributed by atoms with Crippen LogP contribution in [0.1, 0.15) is 6.92 Å². The molecule has 0 aliphatic rings. The Morgan fingerprint density at radius 3 is 3.07 bits per heavy atom. The van der Waals surface area contributed by atoms with Crippen molar-refractivity contribution in [3.8, 4) is 10.6 Å². The third-order valence-electron chi connectivity index (χ3n) is 1.67. The molecule has 0 spiro atoms. The molecule has 2 heterocycles. The zero-order chi connectivity index (χ0) is 9.80. The molecule has 5 heteroatoms. The van der Waals surface area contributed by atoms with Gasteiger partial charge >= 0.3 is 0 Å². The molecule has 0 saturated carbocycles. The number of nitrogens with one attached hydrogen (secondary N) is 1. The summed E-state index contributed by atoms with van der Waals surface area (Å²) in [6.07, 6.45) is 5.10. The summed E-state index contributed by atoms with van der Waals surface area (Å²) in [4.78, 5) is 13.3. The molecule has 0 unspecified atom stereocenters. The van der Waals surface area contributed by atoms with Gasteiger partial charge in [0.15, 0.2) is 5.13 Å². The van der Waals surface area contributed by atoms with Crippen molar-refractivity contribution < 1.29 is 0 Å². The van der Waals surface area contributed by atoms with Gasteiger partial charge in [0, 0.05) is 18.9 Å². The molecule has 0 saturated heterocycles. The summed E-state index contributed by atoms with van der Waals surface area (Å²) in [5.74, 6) is 0. The second-order valence-corrected chi connectivity index (χ2v) is 3.69. The van der Waals surface area contributed by atoms with Gasteiger partial charge in [-0.2, -0.15) is 0 Å². The van der Waals surface area contributed by atoms with Crippen molar-refractivity contribution in [1.82, 2.24) is 15.0 Å². The van der Waals surface area contributed by atoms with Gasteiger partial charge in [-0.05, 0) is 13.0 Å². The standard InChI is InChI=1S/C9H10N4S/c1-2-11-9-12-5-8(14-9)7-3-4-10-6-13-7/h3-6H,2H2,1H3,(H,11,12). The Labute approximate surface area is 86.1 Å². The average Bonchev–Trinajstić information content (AvgIpc) is 2.68. The first-order chi connectivity index (χ1) is 6.90. The number of anilines is 1. The van der Waals surface area contributed by atoms with E-state index in [0.717, 1.165) is 22.2 Å². The summed E-state index contributed by atoms with van der Waals surface area (Å²) < 4.78 is 0. The Morgan fingerprint density at radius 1 is 1.43 bits per heavy atom. The molecule has 0 fully saturated rings. The third-order valence-corrected chi connectivity index (χ3v) is 2.65. The monoisotopic (exact) mass is 206 g/mol. The van der Waals surface area contributed by atoms with Crippen LogP contribution in [-0.4, -0.2) is 21.5 Å². The van der Waals surface area contributed by atoms with Crippen LogP contribution in [0.5, 0.6) is 0 Å². The van der Waals surface area contributed by atoms with E-state index in [1.165, 1.54) is 0 Å². The van der Waals surface area contributed by atoms with E-state index in [1.54, 1.807) is 23.9 Å². The Bertz CT molecular complexity index is 398. The van der Waals surface area contributed by atoms with Crippen LogP contribution >= 0.6 is 11.3 Å². The van der Waals surface area contributed by atoms with Gasteiger partial charge in [-0.1, -0.05) is 11.3 Å². The molecule has 0 aliphatic carbocycles. The predicted octanol–water partition coefficient (Wildman–Crippen LogP) is 2.03. The number of aromatic nitrogens is 3. The Balaban J connectivity index is 2.25. The topological polar surface area (TPSA) is 50.7 Å². The van der Waals surface area contributed by atoms with Crippen LogP contribution in [-0.2, 0) is 0 Å². The molecular formula is C9H10N4S. The van der Waals surface area contributed by atoms with Gasteiger partial charge in [0.1, 0.15) is 6.33 Å². The molecule has 2 aromatic heterocycles. The second kappa shape index (κ2) is 4.15. The fourth-order valence-corrected chi connectivity index (χ4v) is 1.92.